The smallest absolute Gasteiger partial charge is 0.259 e. The summed E-state index contributed by atoms with van der Waals surface area (Å²) in [4.78, 5) is 0. The molecule has 0 saturated carbocycles. The van der Waals surface area contributed by atoms with Crippen LogP contribution in [0.4, 0.5) is 0 Å². The molecule has 0 atom stereocenters. The van der Waals surface area contributed by atoms with Gasteiger partial charge in [0.1, 0.15) is 0 Å². The highest BCUT2D eigenvalue weighted by Crippen LogP contribution is 2.24. The van der Waals surface area contributed by atoms with Crippen LogP contribution >= 0.6 is 0 Å². The SMILES string of the molecule is CNCCC1CCN(S(=O)(=O)c2ccn[nH]2)CC1. The van der Waals surface area contributed by atoms with Crippen LogP contribution in [0.5, 0.6) is 0 Å². The Labute approximate surface area is 108 Å². The molecule has 0 aliphatic carbocycles. The van der Waals surface area contributed by atoms with Crippen LogP contribution in [0, 0.1) is 5.92 Å². The lowest BCUT2D eigenvalue weighted by Crippen LogP contribution is -2.39. The van der Waals surface area contributed by atoms with E-state index in [1.54, 1.807) is 4.31 Å². The van der Waals surface area contributed by atoms with E-state index >= 15 is 0 Å². The van der Waals surface area contributed by atoms with Crippen molar-refractivity contribution in [2.24, 2.45) is 5.92 Å². The Hall–Kier alpha value is -0.920. The average molecular weight is 272 g/mol. The Kier molecular flexibility index (Phi) is 4.36. The standard InChI is InChI=1S/C11H20N4O2S/c1-12-6-2-10-4-8-15(9-5-10)18(16,17)11-3-7-13-14-11/h3,7,10,12H,2,4-6,8-9H2,1H3,(H,13,14). The Morgan fingerprint density at radius 2 is 2.22 bits per heavy atom. The van der Waals surface area contributed by atoms with Crippen molar-refractivity contribution >= 4 is 10.0 Å². The lowest BCUT2D eigenvalue weighted by Gasteiger charge is -2.30. The van der Waals surface area contributed by atoms with Crippen molar-refractivity contribution in [2.45, 2.75) is 24.3 Å². The van der Waals surface area contributed by atoms with E-state index in [-0.39, 0.29) is 5.03 Å². The van der Waals surface area contributed by atoms with E-state index in [0.29, 0.717) is 19.0 Å². The van der Waals surface area contributed by atoms with Gasteiger partial charge in [0, 0.05) is 13.1 Å². The second-order valence-corrected chi connectivity index (χ2v) is 6.57. The number of sulfonamides is 1. The minimum atomic E-state index is -3.36. The first-order chi connectivity index (χ1) is 8.64. The monoisotopic (exact) mass is 272 g/mol. The molecule has 6 nitrogen and oxygen atoms in total. The number of hydrogen-bond donors (Lipinski definition) is 2. The summed E-state index contributed by atoms with van der Waals surface area (Å²) < 4.78 is 26.0. The van der Waals surface area contributed by atoms with Gasteiger partial charge in [-0.3, -0.25) is 5.10 Å². The molecular weight excluding hydrogens is 252 g/mol. The third kappa shape index (κ3) is 2.90. The van der Waals surface area contributed by atoms with E-state index in [2.05, 4.69) is 15.5 Å². The fraction of sp³-hybridized carbons (Fsp3) is 0.727. The summed E-state index contributed by atoms with van der Waals surface area (Å²) in [6.07, 6.45) is 4.46. The van der Waals surface area contributed by atoms with Crippen LogP contribution in [-0.2, 0) is 10.0 Å². The number of nitrogens with one attached hydrogen (secondary N) is 2. The molecule has 0 aromatic carbocycles. The van der Waals surface area contributed by atoms with Crippen molar-refractivity contribution in [3.8, 4) is 0 Å². The van der Waals surface area contributed by atoms with Crippen molar-refractivity contribution in [3.05, 3.63) is 12.3 Å². The molecule has 0 unspecified atom stereocenters. The van der Waals surface area contributed by atoms with Gasteiger partial charge in [0.15, 0.2) is 5.03 Å². The van der Waals surface area contributed by atoms with Gasteiger partial charge < -0.3 is 5.32 Å². The molecule has 2 N–H and O–H groups in total. The van der Waals surface area contributed by atoms with Gasteiger partial charge in [-0.25, -0.2) is 8.42 Å². The lowest BCUT2D eigenvalue weighted by atomic mass is 9.95. The Morgan fingerprint density at radius 1 is 1.50 bits per heavy atom. The van der Waals surface area contributed by atoms with Gasteiger partial charge in [0.2, 0.25) is 0 Å². The van der Waals surface area contributed by atoms with Gasteiger partial charge in [-0.15, -0.1) is 0 Å². The van der Waals surface area contributed by atoms with Crippen LogP contribution < -0.4 is 5.32 Å². The van der Waals surface area contributed by atoms with Crippen molar-refractivity contribution in [3.63, 3.8) is 0 Å². The van der Waals surface area contributed by atoms with E-state index in [1.165, 1.54) is 12.3 Å². The van der Waals surface area contributed by atoms with Crippen molar-refractivity contribution in [1.29, 1.82) is 0 Å². The highest BCUT2D eigenvalue weighted by atomic mass is 32.2. The van der Waals surface area contributed by atoms with E-state index in [0.717, 1.165) is 25.8 Å². The molecule has 1 fully saturated rings. The summed E-state index contributed by atoms with van der Waals surface area (Å²) in [6.45, 7) is 2.21. The first kappa shape index (κ1) is 13.5. The second kappa shape index (κ2) is 5.81. The van der Waals surface area contributed by atoms with Gasteiger partial charge in [0.25, 0.3) is 10.0 Å². The van der Waals surface area contributed by atoms with Gasteiger partial charge in [0.05, 0.1) is 6.20 Å². The zero-order valence-corrected chi connectivity index (χ0v) is 11.4. The van der Waals surface area contributed by atoms with E-state index in [9.17, 15) is 8.42 Å². The summed E-state index contributed by atoms with van der Waals surface area (Å²) >= 11 is 0. The van der Waals surface area contributed by atoms with Crippen molar-refractivity contribution in [2.75, 3.05) is 26.7 Å². The molecule has 0 bridgehead atoms. The predicted molar refractivity (Wildman–Crippen MR) is 68.6 cm³/mol. The zero-order chi connectivity index (χ0) is 13.0. The fourth-order valence-corrected chi connectivity index (χ4v) is 3.68. The fourth-order valence-electron chi connectivity index (χ4n) is 2.31. The van der Waals surface area contributed by atoms with E-state index in [4.69, 9.17) is 0 Å². The highest BCUT2D eigenvalue weighted by Gasteiger charge is 2.29. The summed E-state index contributed by atoms with van der Waals surface area (Å²) in [5.74, 6) is 0.630. The number of nitrogens with zero attached hydrogens (tertiary/aromatic N) is 2. The summed E-state index contributed by atoms with van der Waals surface area (Å²) in [6, 6.07) is 1.50. The third-order valence-electron chi connectivity index (χ3n) is 3.47. The Morgan fingerprint density at radius 3 is 2.78 bits per heavy atom. The van der Waals surface area contributed by atoms with Crippen LogP contribution in [0.3, 0.4) is 0 Å². The van der Waals surface area contributed by atoms with Crippen molar-refractivity contribution < 1.29 is 8.42 Å². The molecule has 1 aromatic rings. The molecule has 1 aliphatic heterocycles. The van der Waals surface area contributed by atoms with Crippen LogP contribution in [-0.4, -0.2) is 49.6 Å². The van der Waals surface area contributed by atoms with Crippen LogP contribution in [0.2, 0.25) is 0 Å². The summed E-state index contributed by atoms with van der Waals surface area (Å²) in [5.41, 5.74) is 0. The quantitative estimate of drug-likeness (QED) is 0.814. The number of piperidine rings is 1. The van der Waals surface area contributed by atoms with Gasteiger partial charge in [-0.1, -0.05) is 0 Å². The molecule has 0 amide bonds. The van der Waals surface area contributed by atoms with Crippen LogP contribution in [0.1, 0.15) is 19.3 Å². The van der Waals surface area contributed by atoms with E-state index in [1.807, 2.05) is 7.05 Å². The molecule has 2 rings (SSSR count). The second-order valence-electron chi connectivity index (χ2n) is 4.66. The molecule has 2 heterocycles. The largest absolute Gasteiger partial charge is 0.320 e. The minimum absolute atomic E-state index is 0.191. The van der Waals surface area contributed by atoms with Crippen LogP contribution in [0.25, 0.3) is 0 Å². The molecule has 7 heteroatoms. The summed E-state index contributed by atoms with van der Waals surface area (Å²) in [7, 11) is -1.42. The minimum Gasteiger partial charge on any atom is -0.320 e. The molecular formula is C11H20N4O2S. The Balaban J connectivity index is 1.94. The molecule has 0 radical (unpaired) electrons. The normalized spacial score (nSPS) is 19.2. The third-order valence-corrected chi connectivity index (χ3v) is 5.30. The molecule has 18 heavy (non-hydrogen) atoms. The van der Waals surface area contributed by atoms with E-state index < -0.39 is 10.0 Å². The topological polar surface area (TPSA) is 78.1 Å². The molecule has 1 aromatic heterocycles. The number of rotatable bonds is 5. The van der Waals surface area contributed by atoms with Crippen molar-refractivity contribution in [1.82, 2.24) is 19.8 Å². The number of H-pyrrole nitrogens is 1. The maximum Gasteiger partial charge on any atom is 0.259 e. The molecule has 1 aliphatic rings. The maximum atomic E-state index is 12.2. The van der Waals surface area contributed by atoms with Crippen LogP contribution in [0.15, 0.2) is 17.3 Å². The van der Waals surface area contributed by atoms with Gasteiger partial charge in [-0.2, -0.15) is 9.40 Å². The number of aromatic amines is 1. The molecule has 0 spiro atoms. The molecule has 1 saturated heterocycles. The molecule has 102 valence electrons. The maximum absolute atomic E-state index is 12.2. The van der Waals surface area contributed by atoms with Gasteiger partial charge in [-0.05, 0) is 44.8 Å². The van der Waals surface area contributed by atoms with Gasteiger partial charge >= 0.3 is 0 Å². The Bertz CT molecular complexity index is 449. The average Bonchev–Trinajstić information content (AvgIpc) is 2.91. The number of hydrogen-bond acceptors (Lipinski definition) is 4. The number of aromatic nitrogens is 2. The first-order valence-electron chi connectivity index (χ1n) is 6.28. The first-order valence-corrected chi connectivity index (χ1v) is 7.72. The predicted octanol–water partition coefficient (Wildman–Crippen LogP) is 0.420. The lowest BCUT2D eigenvalue weighted by molar-refractivity contribution is 0.262. The zero-order valence-electron chi connectivity index (χ0n) is 10.6. The highest BCUT2D eigenvalue weighted by molar-refractivity contribution is 7.89. The summed E-state index contributed by atoms with van der Waals surface area (Å²) in [5, 5.41) is 9.55.